The van der Waals surface area contributed by atoms with Crippen molar-refractivity contribution in [2.45, 2.75) is 32.8 Å². The van der Waals surface area contributed by atoms with Gasteiger partial charge in [0, 0.05) is 6.54 Å². The van der Waals surface area contributed by atoms with Gasteiger partial charge >= 0.3 is 6.09 Å². The van der Waals surface area contributed by atoms with Crippen LogP contribution in [0.15, 0.2) is 48.6 Å². The third-order valence-electron chi connectivity index (χ3n) is 2.31. The average molecular weight is 273 g/mol. The van der Waals surface area contributed by atoms with Gasteiger partial charge in [-0.3, -0.25) is 0 Å². The number of hydrogen-bond acceptors (Lipinski definition) is 2. The molecule has 0 radical (unpaired) electrons. The SMILES string of the molecule is CC(C)(C)OC(=O)NCC/C=C/C=C/c1ccccc1. The van der Waals surface area contributed by atoms with Crippen LogP contribution < -0.4 is 5.32 Å². The monoisotopic (exact) mass is 273 g/mol. The van der Waals surface area contributed by atoms with E-state index in [1.54, 1.807) is 0 Å². The number of rotatable bonds is 5. The van der Waals surface area contributed by atoms with Gasteiger partial charge in [-0.25, -0.2) is 4.79 Å². The summed E-state index contributed by atoms with van der Waals surface area (Å²) in [5.41, 5.74) is 0.724. The Kier molecular flexibility index (Phi) is 6.57. The summed E-state index contributed by atoms with van der Waals surface area (Å²) in [4.78, 5) is 11.4. The van der Waals surface area contributed by atoms with Crippen LogP contribution in [-0.2, 0) is 4.74 Å². The minimum atomic E-state index is -0.446. The van der Waals surface area contributed by atoms with Crippen LogP contribution in [0.25, 0.3) is 6.08 Å². The van der Waals surface area contributed by atoms with Crippen LogP contribution in [0.2, 0.25) is 0 Å². The standard InChI is InChI=1S/C17H23NO2/c1-17(2,3)20-16(19)18-14-10-5-4-7-11-15-12-8-6-9-13-15/h4-9,11-13H,10,14H2,1-3H3,(H,18,19)/b5-4+,11-7+. The first-order valence-corrected chi connectivity index (χ1v) is 6.82. The highest BCUT2D eigenvalue weighted by Crippen LogP contribution is 2.06. The van der Waals surface area contributed by atoms with E-state index in [1.807, 2.05) is 75.4 Å². The molecular weight excluding hydrogens is 250 g/mol. The molecule has 20 heavy (non-hydrogen) atoms. The van der Waals surface area contributed by atoms with Gasteiger partial charge in [0.25, 0.3) is 0 Å². The molecule has 0 atom stereocenters. The molecule has 3 nitrogen and oxygen atoms in total. The fourth-order valence-corrected chi connectivity index (χ4v) is 1.48. The van der Waals surface area contributed by atoms with E-state index in [0.717, 1.165) is 6.42 Å². The molecule has 0 aliphatic rings. The fraction of sp³-hybridized carbons (Fsp3) is 0.353. The maximum atomic E-state index is 11.4. The number of benzene rings is 1. The first kappa shape index (κ1) is 16.0. The van der Waals surface area contributed by atoms with Gasteiger partial charge in [0.15, 0.2) is 0 Å². The molecule has 0 saturated carbocycles. The third kappa shape index (κ3) is 8.14. The Morgan fingerprint density at radius 2 is 1.90 bits per heavy atom. The minimum Gasteiger partial charge on any atom is -0.444 e. The summed E-state index contributed by atoms with van der Waals surface area (Å²) in [6.45, 7) is 6.12. The second kappa shape index (κ2) is 8.20. The van der Waals surface area contributed by atoms with E-state index in [1.165, 1.54) is 5.56 Å². The second-order valence-corrected chi connectivity index (χ2v) is 5.42. The van der Waals surface area contributed by atoms with Crippen LogP contribution in [0.4, 0.5) is 4.79 Å². The van der Waals surface area contributed by atoms with Crippen molar-refractivity contribution in [1.29, 1.82) is 0 Å². The van der Waals surface area contributed by atoms with Gasteiger partial charge in [-0.2, -0.15) is 0 Å². The number of ether oxygens (including phenoxy) is 1. The number of nitrogens with one attached hydrogen (secondary N) is 1. The molecule has 3 heteroatoms. The first-order chi connectivity index (χ1) is 9.47. The zero-order valence-corrected chi connectivity index (χ0v) is 12.4. The van der Waals surface area contributed by atoms with Crippen LogP contribution in [0, 0.1) is 0 Å². The molecule has 0 fully saturated rings. The largest absolute Gasteiger partial charge is 0.444 e. The zero-order valence-electron chi connectivity index (χ0n) is 12.4. The highest BCUT2D eigenvalue weighted by Gasteiger charge is 2.14. The van der Waals surface area contributed by atoms with Crippen LogP contribution in [0.3, 0.4) is 0 Å². The highest BCUT2D eigenvalue weighted by atomic mass is 16.6. The predicted molar refractivity (Wildman–Crippen MR) is 83.5 cm³/mol. The van der Waals surface area contributed by atoms with Crippen molar-refractivity contribution in [3.8, 4) is 0 Å². The summed E-state index contributed by atoms with van der Waals surface area (Å²) in [6, 6.07) is 10.1. The van der Waals surface area contributed by atoms with E-state index in [0.29, 0.717) is 6.54 Å². The average Bonchev–Trinajstić information content (AvgIpc) is 2.37. The number of carbonyl (C=O) groups is 1. The maximum absolute atomic E-state index is 11.4. The summed E-state index contributed by atoms with van der Waals surface area (Å²) < 4.78 is 5.14. The third-order valence-corrected chi connectivity index (χ3v) is 2.31. The van der Waals surface area contributed by atoms with Crippen LogP contribution in [0.5, 0.6) is 0 Å². The van der Waals surface area contributed by atoms with Crippen molar-refractivity contribution >= 4 is 12.2 Å². The quantitative estimate of drug-likeness (QED) is 0.646. The van der Waals surface area contributed by atoms with Gasteiger partial charge in [-0.05, 0) is 32.8 Å². The lowest BCUT2D eigenvalue weighted by Crippen LogP contribution is -2.32. The molecule has 1 aromatic carbocycles. The number of allylic oxidation sites excluding steroid dienone is 2. The van der Waals surface area contributed by atoms with E-state index in [4.69, 9.17) is 4.74 Å². The lowest BCUT2D eigenvalue weighted by atomic mass is 10.2. The van der Waals surface area contributed by atoms with Crippen molar-refractivity contribution < 1.29 is 9.53 Å². The molecule has 0 aliphatic carbocycles. The van der Waals surface area contributed by atoms with Gasteiger partial charge in [-0.15, -0.1) is 0 Å². The van der Waals surface area contributed by atoms with Gasteiger partial charge < -0.3 is 10.1 Å². The molecule has 0 aliphatic heterocycles. The van der Waals surface area contributed by atoms with E-state index in [9.17, 15) is 4.79 Å². The molecular formula is C17H23NO2. The van der Waals surface area contributed by atoms with Crippen LogP contribution >= 0.6 is 0 Å². The second-order valence-electron chi connectivity index (χ2n) is 5.42. The molecule has 0 bridgehead atoms. The molecule has 108 valence electrons. The Bertz CT molecular complexity index is 456. The molecule has 1 aromatic rings. The van der Waals surface area contributed by atoms with E-state index in [2.05, 4.69) is 5.32 Å². The number of carbonyl (C=O) groups excluding carboxylic acids is 1. The summed E-state index contributed by atoms with van der Waals surface area (Å²) in [5, 5.41) is 2.71. The van der Waals surface area contributed by atoms with E-state index in [-0.39, 0.29) is 6.09 Å². The minimum absolute atomic E-state index is 0.370. The Morgan fingerprint density at radius 1 is 1.20 bits per heavy atom. The van der Waals surface area contributed by atoms with Crippen molar-refractivity contribution in [3.63, 3.8) is 0 Å². The summed E-state index contributed by atoms with van der Waals surface area (Å²) in [7, 11) is 0. The Morgan fingerprint density at radius 3 is 2.55 bits per heavy atom. The van der Waals surface area contributed by atoms with Crippen molar-refractivity contribution in [2.75, 3.05) is 6.54 Å². The van der Waals surface area contributed by atoms with Crippen molar-refractivity contribution in [1.82, 2.24) is 5.32 Å². The number of amides is 1. The molecule has 1 rings (SSSR count). The van der Waals surface area contributed by atoms with Gasteiger partial charge in [0.1, 0.15) is 5.60 Å². The van der Waals surface area contributed by atoms with Crippen molar-refractivity contribution in [2.24, 2.45) is 0 Å². The fourth-order valence-electron chi connectivity index (χ4n) is 1.48. The summed E-state index contributed by atoms with van der Waals surface area (Å²) >= 11 is 0. The summed E-state index contributed by atoms with van der Waals surface area (Å²) in [5.74, 6) is 0. The zero-order chi connectivity index (χ0) is 14.8. The Labute approximate surface area is 121 Å². The molecule has 0 unspecified atom stereocenters. The summed E-state index contributed by atoms with van der Waals surface area (Å²) in [6.07, 6.45) is 8.42. The first-order valence-electron chi connectivity index (χ1n) is 6.82. The maximum Gasteiger partial charge on any atom is 0.407 e. The topological polar surface area (TPSA) is 38.3 Å². The molecule has 0 aromatic heterocycles. The van der Waals surface area contributed by atoms with Gasteiger partial charge in [0.2, 0.25) is 0 Å². The van der Waals surface area contributed by atoms with Crippen LogP contribution in [0.1, 0.15) is 32.8 Å². The Balaban J connectivity index is 2.17. The number of alkyl carbamates (subject to hydrolysis) is 1. The lowest BCUT2D eigenvalue weighted by molar-refractivity contribution is 0.0529. The molecule has 0 saturated heterocycles. The molecule has 1 N–H and O–H groups in total. The van der Waals surface area contributed by atoms with Crippen LogP contribution in [-0.4, -0.2) is 18.2 Å². The number of hydrogen-bond donors (Lipinski definition) is 1. The molecule has 0 heterocycles. The van der Waals surface area contributed by atoms with Crippen molar-refractivity contribution in [3.05, 3.63) is 54.1 Å². The molecule has 0 spiro atoms. The molecule has 1 amide bonds. The van der Waals surface area contributed by atoms with Gasteiger partial charge in [0.05, 0.1) is 0 Å². The smallest absolute Gasteiger partial charge is 0.407 e. The van der Waals surface area contributed by atoms with E-state index >= 15 is 0 Å². The Hall–Kier alpha value is -2.03. The lowest BCUT2D eigenvalue weighted by Gasteiger charge is -2.19. The predicted octanol–water partition coefficient (Wildman–Crippen LogP) is 4.17. The highest BCUT2D eigenvalue weighted by molar-refractivity contribution is 5.67. The normalized spacial score (nSPS) is 11.9. The van der Waals surface area contributed by atoms with Gasteiger partial charge in [-0.1, -0.05) is 54.6 Å². The van der Waals surface area contributed by atoms with E-state index < -0.39 is 5.60 Å².